The molecule has 1 aliphatic rings. The molecule has 0 aromatic carbocycles. The topological polar surface area (TPSA) is 72.6 Å². The van der Waals surface area contributed by atoms with Gasteiger partial charge in [0.2, 0.25) is 5.91 Å². The van der Waals surface area contributed by atoms with Crippen LogP contribution < -0.4 is 5.73 Å². The van der Waals surface area contributed by atoms with Crippen molar-refractivity contribution in [1.82, 2.24) is 4.90 Å². The molecule has 0 aromatic heterocycles. The molecule has 5 nitrogen and oxygen atoms in total. The number of carbonyl (C=O) groups excluding carboxylic acids is 2. The Labute approximate surface area is 89.6 Å². The Morgan fingerprint density at radius 3 is 2.87 bits per heavy atom. The van der Waals surface area contributed by atoms with Gasteiger partial charge >= 0.3 is 5.97 Å². The fourth-order valence-electron chi connectivity index (χ4n) is 1.82. The van der Waals surface area contributed by atoms with E-state index in [2.05, 4.69) is 0 Å². The molecule has 0 spiro atoms. The van der Waals surface area contributed by atoms with Crippen LogP contribution in [0.5, 0.6) is 0 Å². The molecular formula is C10H18N2O3. The third-order valence-corrected chi connectivity index (χ3v) is 2.49. The highest BCUT2D eigenvalue weighted by Crippen LogP contribution is 2.19. The predicted molar refractivity (Wildman–Crippen MR) is 55.0 cm³/mol. The summed E-state index contributed by atoms with van der Waals surface area (Å²) in [5, 5.41) is 0. The van der Waals surface area contributed by atoms with Crippen LogP contribution in [-0.2, 0) is 14.3 Å². The minimum absolute atomic E-state index is 0.0481. The highest BCUT2D eigenvalue weighted by molar-refractivity contribution is 5.85. The number of esters is 1. The molecule has 1 fully saturated rings. The minimum Gasteiger partial charge on any atom is -0.464 e. The molecule has 0 bridgehead atoms. The van der Waals surface area contributed by atoms with Gasteiger partial charge in [-0.25, -0.2) is 4.79 Å². The van der Waals surface area contributed by atoms with Crippen LogP contribution in [0.3, 0.4) is 0 Å². The normalized spacial score (nSPS) is 20.4. The molecule has 15 heavy (non-hydrogen) atoms. The van der Waals surface area contributed by atoms with Crippen molar-refractivity contribution in [3.63, 3.8) is 0 Å². The Bertz CT molecular complexity index is 219. The van der Waals surface area contributed by atoms with Crippen LogP contribution in [0.2, 0.25) is 0 Å². The highest BCUT2D eigenvalue weighted by atomic mass is 16.5. The lowest BCUT2D eigenvalue weighted by molar-refractivity contribution is -0.152. The molecule has 1 amide bonds. The number of nitrogens with zero attached hydrogens (tertiary/aromatic N) is 1. The SMILES string of the molecule is CCOC(=O)[C@H]1CCCN1C(=O)CCN. The first kappa shape index (κ1) is 12.0. The number of carbonyl (C=O) groups is 2. The van der Waals surface area contributed by atoms with E-state index < -0.39 is 0 Å². The second-order valence-electron chi connectivity index (χ2n) is 3.54. The first-order chi connectivity index (χ1) is 7.20. The number of ether oxygens (including phenoxy) is 1. The van der Waals surface area contributed by atoms with E-state index >= 15 is 0 Å². The summed E-state index contributed by atoms with van der Waals surface area (Å²) < 4.78 is 4.92. The average molecular weight is 214 g/mol. The molecule has 1 rings (SSSR count). The number of likely N-dealkylation sites (tertiary alicyclic amines) is 1. The number of hydrogen-bond acceptors (Lipinski definition) is 4. The average Bonchev–Trinajstić information content (AvgIpc) is 2.66. The van der Waals surface area contributed by atoms with E-state index in [4.69, 9.17) is 10.5 Å². The van der Waals surface area contributed by atoms with Gasteiger partial charge in [0, 0.05) is 19.5 Å². The fraction of sp³-hybridized carbons (Fsp3) is 0.800. The molecule has 1 atom stereocenters. The Balaban J connectivity index is 2.56. The van der Waals surface area contributed by atoms with Crippen LogP contribution in [0.25, 0.3) is 0 Å². The molecule has 5 heteroatoms. The summed E-state index contributed by atoms with van der Waals surface area (Å²) in [5.41, 5.74) is 5.31. The van der Waals surface area contributed by atoms with Crippen molar-refractivity contribution in [3.05, 3.63) is 0 Å². The maximum atomic E-state index is 11.6. The molecule has 1 heterocycles. The van der Waals surface area contributed by atoms with Gasteiger partial charge in [0.05, 0.1) is 6.61 Å². The van der Waals surface area contributed by atoms with Crippen molar-refractivity contribution >= 4 is 11.9 Å². The van der Waals surface area contributed by atoms with E-state index in [1.807, 2.05) is 0 Å². The predicted octanol–water partition coefficient (Wildman–Crippen LogP) is -0.111. The lowest BCUT2D eigenvalue weighted by atomic mass is 10.2. The standard InChI is InChI=1S/C10H18N2O3/c1-2-15-10(14)8-4-3-7-12(8)9(13)5-6-11/h8H,2-7,11H2,1H3/t8-/m1/s1. The van der Waals surface area contributed by atoms with Gasteiger partial charge in [-0.15, -0.1) is 0 Å². The zero-order valence-corrected chi connectivity index (χ0v) is 9.07. The van der Waals surface area contributed by atoms with Crippen LogP contribution >= 0.6 is 0 Å². The molecule has 0 unspecified atom stereocenters. The fourth-order valence-corrected chi connectivity index (χ4v) is 1.82. The summed E-state index contributed by atoms with van der Waals surface area (Å²) in [6, 6.07) is -0.385. The van der Waals surface area contributed by atoms with E-state index in [0.717, 1.165) is 6.42 Å². The summed E-state index contributed by atoms with van der Waals surface area (Å²) in [6.45, 7) is 3.08. The van der Waals surface area contributed by atoms with Crippen molar-refractivity contribution in [1.29, 1.82) is 0 Å². The highest BCUT2D eigenvalue weighted by Gasteiger charge is 2.34. The lowest BCUT2D eigenvalue weighted by Gasteiger charge is -2.22. The Hall–Kier alpha value is -1.10. The van der Waals surface area contributed by atoms with Gasteiger partial charge in [0.1, 0.15) is 6.04 Å². The van der Waals surface area contributed by atoms with Crippen molar-refractivity contribution in [2.45, 2.75) is 32.2 Å². The lowest BCUT2D eigenvalue weighted by Crippen LogP contribution is -2.42. The van der Waals surface area contributed by atoms with E-state index in [0.29, 0.717) is 32.5 Å². The number of rotatable bonds is 4. The maximum absolute atomic E-state index is 11.6. The van der Waals surface area contributed by atoms with Crippen molar-refractivity contribution in [2.75, 3.05) is 19.7 Å². The second-order valence-corrected chi connectivity index (χ2v) is 3.54. The Morgan fingerprint density at radius 1 is 1.53 bits per heavy atom. The first-order valence-electron chi connectivity index (χ1n) is 5.36. The summed E-state index contributed by atoms with van der Waals surface area (Å²) in [4.78, 5) is 24.7. The van der Waals surface area contributed by atoms with E-state index in [1.54, 1.807) is 11.8 Å². The van der Waals surface area contributed by atoms with Gasteiger partial charge in [-0.2, -0.15) is 0 Å². The summed E-state index contributed by atoms with van der Waals surface area (Å²) in [7, 11) is 0. The molecular weight excluding hydrogens is 196 g/mol. The summed E-state index contributed by atoms with van der Waals surface area (Å²) >= 11 is 0. The Kier molecular flexibility index (Phi) is 4.55. The third kappa shape index (κ3) is 2.92. The Morgan fingerprint density at radius 2 is 2.27 bits per heavy atom. The number of amides is 1. The van der Waals surface area contributed by atoms with Crippen LogP contribution in [0.1, 0.15) is 26.2 Å². The van der Waals surface area contributed by atoms with Crippen LogP contribution in [0.15, 0.2) is 0 Å². The van der Waals surface area contributed by atoms with Gasteiger partial charge in [0.25, 0.3) is 0 Å². The van der Waals surface area contributed by atoms with Crippen molar-refractivity contribution < 1.29 is 14.3 Å². The van der Waals surface area contributed by atoms with Crippen LogP contribution in [0.4, 0.5) is 0 Å². The molecule has 1 saturated heterocycles. The van der Waals surface area contributed by atoms with E-state index in [-0.39, 0.29) is 17.9 Å². The van der Waals surface area contributed by atoms with E-state index in [1.165, 1.54) is 0 Å². The van der Waals surface area contributed by atoms with E-state index in [9.17, 15) is 9.59 Å². The van der Waals surface area contributed by atoms with Gasteiger partial charge in [-0.1, -0.05) is 0 Å². The largest absolute Gasteiger partial charge is 0.464 e. The number of nitrogens with two attached hydrogens (primary N) is 1. The quantitative estimate of drug-likeness (QED) is 0.663. The maximum Gasteiger partial charge on any atom is 0.328 e. The van der Waals surface area contributed by atoms with Crippen LogP contribution in [0, 0.1) is 0 Å². The third-order valence-electron chi connectivity index (χ3n) is 2.49. The summed E-state index contributed by atoms with van der Waals surface area (Å²) in [6.07, 6.45) is 1.87. The van der Waals surface area contributed by atoms with Crippen molar-refractivity contribution in [3.8, 4) is 0 Å². The molecule has 2 N–H and O–H groups in total. The molecule has 1 aliphatic heterocycles. The first-order valence-corrected chi connectivity index (χ1v) is 5.36. The molecule has 86 valence electrons. The smallest absolute Gasteiger partial charge is 0.328 e. The van der Waals surface area contributed by atoms with Gasteiger partial charge in [0.15, 0.2) is 0 Å². The van der Waals surface area contributed by atoms with Crippen LogP contribution in [-0.4, -0.2) is 42.5 Å². The zero-order chi connectivity index (χ0) is 11.3. The van der Waals surface area contributed by atoms with Gasteiger partial charge in [-0.05, 0) is 19.8 Å². The zero-order valence-electron chi connectivity index (χ0n) is 9.07. The second kappa shape index (κ2) is 5.70. The molecule has 0 aliphatic carbocycles. The molecule has 0 saturated carbocycles. The molecule has 0 aromatic rings. The molecule has 0 radical (unpaired) electrons. The number of hydrogen-bond donors (Lipinski definition) is 1. The van der Waals surface area contributed by atoms with Gasteiger partial charge < -0.3 is 15.4 Å². The monoisotopic (exact) mass is 214 g/mol. The minimum atomic E-state index is -0.385. The van der Waals surface area contributed by atoms with Gasteiger partial charge in [-0.3, -0.25) is 4.79 Å². The summed E-state index contributed by atoms with van der Waals surface area (Å²) in [5.74, 6) is -0.339. The van der Waals surface area contributed by atoms with Crippen molar-refractivity contribution in [2.24, 2.45) is 5.73 Å².